The Morgan fingerprint density at radius 1 is 1.39 bits per heavy atom. The summed E-state index contributed by atoms with van der Waals surface area (Å²) in [6.07, 6.45) is 0. The molecule has 0 aliphatic carbocycles. The Morgan fingerprint density at radius 2 is 2.06 bits per heavy atom. The highest BCUT2D eigenvalue weighted by Gasteiger charge is 2.08. The topological polar surface area (TPSA) is 72.9 Å². The van der Waals surface area contributed by atoms with Gasteiger partial charge in [-0.15, -0.1) is 0 Å². The van der Waals surface area contributed by atoms with Gasteiger partial charge in [0.25, 0.3) is 5.91 Å². The summed E-state index contributed by atoms with van der Waals surface area (Å²) in [5, 5.41) is 6.93. The molecule has 18 heavy (non-hydrogen) atoms. The summed E-state index contributed by atoms with van der Waals surface area (Å²) in [5.74, 6) is 0.388. The van der Waals surface area contributed by atoms with Gasteiger partial charge >= 0.3 is 0 Å². The third-order valence-electron chi connectivity index (χ3n) is 2.81. The van der Waals surface area contributed by atoms with Crippen molar-refractivity contribution in [2.24, 2.45) is 12.8 Å². The van der Waals surface area contributed by atoms with Gasteiger partial charge in [0.2, 0.25) is 0 Å². The van der Waals surface area contributed by atoms with Crippen LogP contribution in [-0.2, 0) is 13.6 Å². The standard InChI is InChI=1S/C13H16N4O/c1-9-7-12(16-17(9)2)15-13(18)11-5-3-10(8-14)4-6-11/h3-7H,8,14H2,1-2H3,(H,15,16,18). The average molecular weight is 244 g/mol. The largest absolute Gasteiger partial charge is 0.326 e. The first-order chi connectivity index (χ1) is 8.60. The van der Waals surface area contributed by atoms with Crippen molar-refractivity contribution in [1.82, 2.24) is 9.78 Å². The predicted octanol–water partition coefficient (Wildman–Crippen LogP) is 1.44. The molecular weight excluding hydrogens is 228 g/mol. The Bertz CT molecular complexity index is 537. The van der Waals surface area contributed by atoms with Crippen molar-refractivity contribution < 1.29 is 4.79 Å². The molecule has 1 amide bonds. The molecule has 5 nitrogen and oxygen atoms in total. The van der Waals surface area contributed by atoms with Crippen LogP contribution in [0.25, 0.3) is 0 Å². The third kappa shape index (κ3) is 2.57. The van der Waals surface area contributed by atoms with Crippen LogP contribution in [0.1, 0.15) is 21.6 Å². The summed E-state index contributed by atoms with van der Waals surface area (Å²) in [7, 11) is 1.83. The van der Waals surface area contributed by atoms with Crippen LogP contribution in [0, 0.1) is 6.92 Å². The fraction of sp³-hybridized carbons (Fsp3) is 0.231. The smallest absolute Gasteiger partial charge is 0.256 e. The van der Waals surface area contributed by atoms with Crippen LogP contribution in [0.3, 0.4) is 0 Å². The van der Waals surface area contributed by atoms with E-state index in [2.05, 4.69) is 10.4 Å². The van der Waals surface area contributed by atoms with Crippen LogP contribution in [-0.4, -0.2) is 15.7 Å². The number of hydrogen-bond donors (Lipinski definition) is 2. The number of benzene rings is 1. The predicted molar refractivity (Wildman–Crippen MR) is 70.2 cm³/mol. The first-order valence-electron chi connectivity index (χ1n) is 5.71. The van der Waals surface area contributed by atoms with E-state index in [0.717, 1.165) is 11.3 Å². The number of amides is 1. The quantitative estimate of drug-likeness (QED) is 0.858. The fourth-order valence-electron chi connectivity index (χ4n) is 1.60. The molecular formula is C13H16N4O. The van der Waals surface area contributed by atoms with Crippen LogP contribution in [0.15, 0.2) is 30.3 Å². The lowest BCUT2D eigenvalue weighted by atomic mass is 10.1. The molecule has 2 aromatic rings. The summed E-state index contributed by atoms with van der Waals surface area (Å²) in [5.41, 5.74) is 8.09. The van der Waals surface area contributed by atoms with Gasteiger partial charge < -0.3 is 11.1 Å². The van der Waals surface area contributed by atoms with E-state index in [1.54, 1.807) is 16.8 Å². The molecule has 1 heterocycles. The van der Waals surface area contributed by atoms with E-state index in [0.29, 0.717) is 17.9 Å². The number of nitrogens with two attached hydrogens (primary N) is 1. The van der Waals surface area contributed by atoms with Crippen LogP contribution in [0.2, 0.25) is 0 Å². The van der Waals surface area contributed by atoms with Crippen LogP contribution >= 0.6 is 0 Å². The molecule has 0 saturated heterocycles. The summed E-state index contributed by atoms with van der Waals surface area (Å²) < 4.78 is 1.72. The average Bonchev–Trinajstić information content (AvgIpc) is 2.68. The van der Waals surface area contributed by atoms with E-state index >= 15 is 0 Å². The van der Waals surface area contributed by atoms with Crippen LogP contribution in [0.4, 0.5) is 5.82 Å². The lowest BCUT2D eigenvalue weighted by Crippen LogP contribution is -2.12. The molecule has 1 aromatic carbocycles. The van der Waals surface area contributed by atoms with E-state index in [1.165, 1.54) is 0 Å². The number of rotatable bonds is 3. The summed E-state index contributed by atoms with van der Waals surface area (Å²) in [4.78, 5) is 11.9. The van der Waals surface area contributed by atoms with Crippen LogP contribution in [0.5, 0.6) is 0 Å². The maximum absolute atomic E-state index is 11.9. The molecule has 0 unspecified atom stereocenters. The molecule has 0 aliphatic rings. The first kappa shape index (κ1) is 12.3. The molecule has 2 rings (SSSR count). The molecule has 0 saturated carbocycles. The normalized spacial score (nSPS) is 10.4. The monoisotopic (exact) mass is 244 g/mol. The minimum atomic E-state index is -0.170. The van der Waals surface area contributed by atoms with Gasteiger partial charge in [-0.05, 0) is 24.6 Å². The zero-order valence-electron chi connectivity index (χ0n) is 10.5. The van der Waals surface area contributed by atoms with Crippen molar-refractivity contribution >= 4 is 11.7 Å². The van der Waals surface area contributed by atoms with E-state index < -0.39 is 0 Å². The number of carbonyl (C=O) groups is 1. The second kappa shape index (κ2) is 5.01. The highest BCUT2D eigenvalue weighted by molar-refractivity contribution is 6.03. The van der Waals surface area contributed by atoms with Gasteiger partial charge in [0.15, 0.2) is 5.82 Å². The lowest BCUT2D eigenvalue weighted by molar-refractivity contribution is 0.102. The van der Waals surface area contributed by atoms with Gasteiger partial charge in [-0.1, -0.05) is 12.1 Å². The number of nitrogens with one attached hydrogen (secondary N) is 1. The lowest BCUT2D eigenvalue weighted by Gasteiger charge is -2.02. The van der Waals surface area contributed by atoms with E-state index in [-0.39, 0.29) is 5.91 Å². The van der Waals surface area contributed by atoms with Crippen molar-refractivity contribution in [1.29, 1.82) is 0 Å². The van der Waals surface area contributed by atoms with Crippen LogP contribution < -0.4 is 11.1 Å². The Balaban J connectivity index is 2.11. The zero-order chi connectivity index (χ0) is 13.1. The molecule has 0 fully saturated rings. The molecule has 1 aromatic heterocycles. The summed E-state index contributed by atoms with van der Waals surface area (Å²) in [6, 6.07) is 9.03. The van der Waals surface area contributed by atoms with Gasteiger partial charge in [0, 0.05) is 30.9 Å². The van der Waals surface area contributed by atoms with Gasteiger partial charge in [0.1, 0.15) is 0 Å². The summed E-state index contributed by atoms with van der Waals surface area (Å²) in [6.45, 7) is 2.40. The van der Waals surface area contributed by atoms with Crippen molar-refractivity contribution in [2.45, 2.75) is 13.5 Å². The molecule has 0 aliphatic heterocycles. The SMILES string of the molecule is Cc1cc(NC(=O)c2ccc(CN)cc2)nn1C. The van der Waals surface area contributed by atoms with Gasteiger partial charge in [-0.3, -0.25) is 9.48 Å². The second-order valence-corrected chi connectivity index (χ2v) is 4.15. The number of anilines is 1. The molecule has 0 spiro atoms. The molecule has 0 bridgehead atoms. The van der Waals surface area contributed by atoms with Gasteiger partial charge in [-0.2, -0.15) is 5.10 Å². The minimum Gasteiger partial charge on any atom is -0.326 e. The number of aromatic nitrogens is 2. The van der Waals surface area contributed by atoms with E-state index in [4.69, 9.17) is 5.73 Å². The maximum Gasteiger partial charge on any atom is 0.256 e. The highest BCUT2D eigenvalue weighted by atomic mass is 16.1. The van der Waals surface area contributed by atoms with Crippen molar-refractivity contribution in [3.05, 3.63) is 47.2 Å². The Morgan fingerprint density at radius 3 is 2.56 bits per heavy atom. The van der Waals surface area contributed by atoms with Gasteiger partial charge in [-0.25, -0.2) is 0 Å². The molecule has 0 radical (unpaired) electrons. The first-order valence-corrected chi connectivity index (χ1v) is 5.71. The van der Waals surface area contributed by atoms with Gasteiger partial charge in [0.05, 0.1) is 0 Å². The van der Waals surface area contributed by atoms with Crippen molar-refractivity contribution in [3.8, 4) is 0 Å². The highest BCUT2D eigenvalue weighted by Crippen LogP contribution is 2.10. The van der Waals surface area contributed by atoms with Crippen molar-refractivity contribution in [3.63, 3.8) is 0 Å². The third-order valence-corrected chi connectivity index (χ3v) is 2.81. The molecule has 5 heteroatoms. The zero-order valence-corrected chi connectivity index (χ0v) is 10.5. The molecule has 94 valence electrons. The maximum atomic E-state index is 11.9. The minimum absolute atomic E-state index is 0.170. The Kier molecular flexibility index (Phi) is 3.43. The fourth-order valence-corrected chi connectivity index (χ4v) is 1.60. The Hall–Kier alpha value is -2.14. The number of hydrogen-bond acceptors (Lipinski definition) is 3. The Labute approximate surface area is 106 Å². The van der Waals surface area contributed by atoms with E-state index in [1.807, 2.05) is 32.2 Å². The summed E-state index contributed by atoms with van der Waals surface area (Å²) >= 11 is 0. The number of aryl methyl sites for hydroxylation is 2. The van der Waals surface area contributed by atoms with Crippen molar-refractivity contribution in [2.75, 3.05) is 5.32 Å². The number of nitrogens with zero attached hydrogens (tertiary/aromatic N) is 2. The second-order valence-electron chi connectivity index (χ2n) is 4.15. The van der Waals surface area contributed by atoms with E-state index in [9.17, 15) is 4.79 Å². The molecule has 3 N–H and O–H groups in total. The number of carbonyl (C=O) groups excluding carboxylic acids is 1. The molecule has 0 atom stereocenters.